The number of aryl methyl sites for hydroxylation is 1. The Hall–Kier alpha value is -1.78. The first-order chi connectivity index (χ1) is 10.6. The van der Waals surface area contributed by atoms with Crippen LogP contribution in [0.3, 0.4) is 0 Å². The van der Waals surface area contributed by atoms with Gasteiger partial charge in [-0.25, -0.2) is 0 Å². The first-order valence-corrected chi connectivity index (χ1v) is 7.68. The molecular formula is C16H16Cl2N2O2. The number of carbonyl (C=O) groups is 1. The standard InChI is InChI=1S/C16H16Cl2N2O2/c17-13-4-3-5-14(18)12(13)7-9-19-15(21)8-11-20-10-2-1-6-16(20)22/h1-6,10H,7-9,11H2,(H,19,21). The second-order valence-electron chi connectivity index (χ2n) is 4.78. The number of nitrogens with one attached hydrogen (secondary N) is 1. The number of benzene rings is 1. The summed E-state index contributed by atoms with van der Waals surface area (Å²) in [6.45, 7) is 0.810. The maximum Gasteiger partial charge on any atom is 0.250 e. The highest BCUT2D eigenvalue weighted by Crippen LogP contribution is 2.24. The second-order valence-corrected chi connectivity index (χ2v) is 5.60. The minimum atomic E-state index is -0.113. The molecule has 0 atom stereocenters. The molecule has 0 aliphatic carbocycles. The highest BCUT2D eigenvalue weighted by Gasteiger charge is 2.07. The third kappa shape index (κ3) is 4.61. The van der Waals surface area contributed by atoms with Gasteiger partial charge in [-0.15, -0.1) is 0 Å². The summed E-state index contributed by atoms with van der Waals surface area (Å²) in [4.78, 5) is 23.3. The highest BCUT2D eigenvalue weighted by molar-refractivity contribution is 6.35. The van der Waals surface area contributed by atoms with Crippen LogP contribution in [-0.4, -0.2) is 17.0 Å². The number of rotatable bonds is 6. The topological polar surface area (TPSA) is 51.1 Å². The molecule has 0 fully saturated rings. The Balaban J connectivity index is 1.79. The zero-order valence-corrected chi connectivity index (χ0v) is 13.4. The van der Waals surface area contributed by atoms with Crippen LogP contribution in [0.2, 0.25) is 10.0 Å². The van der Waals surface area contributed by atoms with Crippen molar-refractivity contribution in [3.63, 3.8) is 0 Å². The Labute approximate surface area is 138 Å². The lowest BCUT2D eigenvalue weighted by Gasteiger charge is -2.09. The lowest BCUT2D eigenvalue weighted by molar-refractivity contribution is -0.121. The number of halogens is 2. The van der Waals surface area contributed by atoms with Gasteiger partial charge in [-0.1, -0.05) is 35.3 Å². The molecule has 1 heterocycles. The number of hydrogen-bond acceptors (Lipinski definition) is 2. The van der Waals surface area contributed by atoms with Gasteiger partial charge >= 0.3 is 0 Å². The number of amides is 1. The fourth-order valence-corrected chi connectivity index (χ4v) is 2.64. The molecule has 0 saturated carbocycles. The van der Waals surface area contributed by atoms with E-state index in [9.17, 15) is 9.59 Å². The van der Waals surface area contributed by atoms with Crippen molar-refractivity contribution < 1.29 is 4.79 Å². The summed E-state index contributed by atoms with van der Waals surface area (Å²) in [6, 6.07) is 10.2. The predicted octanol–water partition coefficient (Wildman–Crippen LogP) is 2.90. The van der Waals surface area contributed by atoms with Crippen LogP contribution in [0, 0.1) is 0 Å². The minimum absolute atomic E-state index is 0.112. The van der Waals surface area contributed by atoms with E-state index in [1.165, 1.54) is 10.6 Å². The van der Waals surface area contributed by atoms with Crippen molar-refractivity contribution in [1.82, 2.24) is 9.88 Å². The van der Waals surface area contributed by atoms with Crippen molar-refractivity contribution in [2.75, 3.05) is 6.54 Å². The monoisotopic (exact) mass is 338 g/mol. The van der Waals surface area contributed by atoms with Gasteiger partial charge in [0.05, 0.1) is 0 Å². The van der Waals surface area contributed by atoms with Crippen molar-refractivity contribution in [3.8, 4) is 0 Å². The van der Waals surface area contributed by atoms with Gasteiger partial charge in [0.2, 0.25) is 5.91 Å². The first kappa shape index (κ1) is 16.6. The normalized spacial score (nSPS) is 10.5. The number of nitrogens with zero attached hydrogens (tertiary/aromatic N) is 1. The smallest absolute Gasteiger partial charge is 0.250 e. The van der Waals surface area contributed by atoms with E-state index in [0.717, 1.165) is 5.56 Å². The molecule has 2 rings (SSSR count). The van der Waals surface area contributed by atoms with E-state index >= 15 is 0 Å². The zero-order chi connectivity index (χ0) is 15.9. The average molecular weight is 339 g/mol. The van der Waals surface area contributed by atoms with Crippen LogP contribution in [0.1, 0.15) is 12.0 Å². The van der Waals surface area contributed by atoms with Gasteiger partial charge in [-0.05, 0) is 30.2 Å². The summed E-state index contributed by atoms with van der Waals surface area (Å²) in [7, 11) is 0. The largest absolute Gasteiger partial charge is 0.356 e. The summed E-state index contributed by atoms with van der Waals surface area (Å²) in [6.07, 6.45) is 2.48. The van der Waals surface area contributed by atoms with E-state index in [2.05, 4.69) is 5.32 Å². The Morgan fingerprint density at radius 1 is 1.09 bits per heavy atom. The molecule has 116 valence electrons. The summed E-state index contributed by atoms with van der Waals surface area (Å²) >= 11 is 12.1. The Bertz CT molecular complexity index is 693. The van der Waals surface area contributed by atoms with Gasteiger partial charge < -0.3 is 9.88 Å². The van der Waals surface area contributed by atoms with E-state index in [1.807, 2.05) is 0 Å². The van der Waals surface area contributed by atoms with Gasteiger partial charge in [0.25, 0.3) is 5.56 Å². The summed E-state index contributed by atoms with van der Waals surface area (Å²) in [5.74, 6) is -0.112. The van der Waals surface area contributed by atoms with Gasteiger partial charge in [0, 0.05) is 41.8 Å². The molecule has 0 unspecified atom stereocenters. The molecule has 0 spiro atoms. The summed E-state index contributed by atoms with van der Waals surface area (Å²) in [5.41, 5.74) is 0.712. The third-order valence-electron chi connectivity index (χ3n) is 3.24. The van der Waals surface area contributed by atoms with Crippen molar-refractivity contribution in [2.24, 2.45) is 0 Å². The van der Waals surface area contributed by atoms with Crippen LogP contribution in [0.25, 0.3) is 0 Å². The SMILES string of the molecule is O=C(CCn1ccccc1=O)NCCc1c(Cl)cccc1Cl. The Morgan fingerprint density at radius 2 is 1.82 bits per heavy atom. The number of pyridine rings is 1. The molecule has 1 aromatic heterocycles. The van der Waals surface area contributed by atoms with Gasteiger partial charge in [-0.3, -0.25) is 9.59 Å². The molecule has 6 heteroatoms. The Morgan fingerprint density at radius 3 is 2.50 bits per heavy atom. The molecule has 0 aliphatic rings. The van der Waals surface area contributed by atoms with E-state index in [1.54, 1.807) is 36.5 Å². The third-order valence-corrected chi connectivity index (χ3v) is 3.95. The molecule has 1 N–H and O–H groups in total. The summed E-state index contributed by atoms with van der Waals surface area (Å²) in [5, 5.41) is 3.99. The zero-order valence-electron chi connectivity index (χ0n) is 11.9. The molecule has 1 aromatic carbocycles. The molecule has 22 heavy (non-hydrogen) atoms. The van der Waals surface area contributed by atoms with Gasteiger partial charge in [0.15, 0.2) is 0 Å². The molecule has 1 amide bonds. The maximum atomic E-state index is 11.8. The molecule has 0 saturated heterocycles. The van der Waals surface area contributed by atoms with Gasteiger partial charge in [0.1, 0.15) is 0 Å². The second kappa shape index (κ2) is 8.01. The quantitative estimate of drug-likeness (QED) is 0.880. The van der Waals surface area contributed by atoms with Crippen LogP contribution in [0.4, 0.5) is 0 Å². The fraction of sp³-hybridized carbons (Fsp3) is 0.250. The molecule has 0 bridgehead atoms. The first-order valence-electron chi connectivity index (χ1n) is 6.93. The average Bonchev–Trinajstić information content (AvgIpc) is 2.49. The van der Waals surface area contributed by atoms with Gasteiger partial charge in [-0.2, -0.15) is 0 Å². The van der Waals surface area contributed by atoms with E-state index in [4.69, 9.17) is 23.2 Å². The predicted molar refractivity (Wildman–Crippen MR) is 88.5 cm³/mol. The maximum absolute atomic E-state index is 11.8. The number of aromatic nitrogens is 1. The van der Waals surface area contributed by atoms with E-state index < -0.39 is 0 Å². The molecule has 4 nitrogen and oxygen atoms in total. The Kier molecular flexibility index (Phi) is 6.04. The molecule has 2 aromatic rings. The minimum Gasteiger partial charge on any atom is -0.356 e. The van der Waals surface area contributed by atoms with Crippen LogP contribution in [0.5, 0.6) is 0 Å². The van der Waals surface area contributed by atoms with E-state index in [0.29, 0.717) is 29.6 Å². The van der Waals surface area contributed by atoms with Crippen molar-refractivity contribution in [2.45, 2.75) is 19.4 Å². The highest BCUT2D eigenvalue weighted by atomic mass is 35.5. The number of carbonyl (C=O) groups excluding carboxylic acids is 1. The van der Waals surface area contributed by atoms with E-state index in [-0.39, 0.29) is 17.9 Å². The van der Waals surface area contributed by atoms with Crippen LogP contribution >= 0.6 is 23.2 Å². The molecule has 0 radical (unpaired) electrons. The lowest BCUT2D eigenvalue weighted by Crippen LogP contribution is -2.28. The lowest BCUT2D eigenvalue weighted by atomic mass is 10.1. The van der Waals surface area contributed by atoms with Crippen LogP contribution < -0.4 is 10.9 Å². The van der Waals surface area contributed by atoms with Crippen molar-refractivity contribution >= 4 is 29.1 Å². The molecule has 0 aliphatic heterocycles. The van der Waals surface area contributed by atoms with Crippen LogP contribution in [0.15, 0.2) is 47.4 Å². The van der Waals surface area contributed by atoms with Crippen molar-refractivity contribution in [3.05, 3.63) is 68.6 Å². The fourth-order valence-electron chi connectivity index (χ4n) is 2.05. The summed E-state index contributed by atoms with van der Waals surface area (Å²) < 4.78 is 1.50. The van der Waals surface area contributed by atoms with Crippen molar-refractivity contribution in [1.29, 1.82) is 0 Å². The molecular weight excluding hydrogens is 323 g/mol. The van der Waals surface area contributed by atoms with Crippen LogP contribution in [-0.2, 0) is 17.8 Å². The number of hydrogen-bond donors (Lipinski definition) is 1.